The molecule has 0 bridgehead atoms. The Morgan fingerprint density at radius 2 is 1.36 bits per heavy atom. The Morgan fingerprint density at radius 1 is 0.744 bits per heavy atom. The number of benzene rings is 2. The lowest BCUT2D eigenvalue weighted by Crippen LogP contribution is -2.61. The summed E-state index contributed by atoms with van der Waals surface area (Å²) in [7, 11) is 2.17. The third kappa shape index (κ3) is 21.6. The average molecular weight is 1130 g/mol. The van der Waals surface area contributed by atoms with Crippen LogP contribution in [-0.4, -0.2) is 155 Å². The maximum absolute atomic E-state index is 14.6. The number of esters is 1. The molecule has 17 N–H and O–H groups in total. The first-order valence-corrected chi connectivity index (χ1v) is 27.5. The van der Waals surface area contributed by atoms with Gasteiger partial charge in [0.2, 0.25) is 65.0 Å². The number of amides is 11. The van der Waals surface area contributed by atoms with Gasteiger partial charge in [-0.05, 0) is 55.4 Å². The molecule has 2 fully saturated rings. The van der Waals surface area contributed by atoms with Crippen molar-refractivity contribution in [1.29, 1.82) is 0 Å². The Hall–Kier alpha value is -7.95. The summed E-state index contributed by atoms with van der Waals surface area (Å²) in [6.07, 6.45) is -1.32. The van der Waals surface area contributed by atoms with Crippen molar-refractivity contribution in [2.24, 2.45) is 33.7 Å². The van der Waals surface area contributed by atoms with Crippen molar-refractivity contribution in [2.45, 2.75) is 120 Å². The van der Waals surface area contributed by atoms with E-state index in [2.05, 4.69) is 42.2 Å². The van der Waals surface area contributed by atoms with Crippen molar-refractivity contribution in [3.8, 4) is 5.75 Å². The van der Waals surface area contributed by atoms with Crippen LogP contribution in [0.25, 0.3) is 0 Å². The van der Waals surface area contributed by atoms with Gasteiger partial charge in [0.1, 0.15) is 48.0 Å². The minimum absolute atomic E-state index is 0.00733. The summed E-state index contributed by atoms with van der Waals surface area (Å²) in [5, 5.41) is 17.9. The number of likely N-dealkylation sites (tertiary alicyclic amines) is 1. The van der Waals surface area contributed by atoms with Gasteiger partial charge in [0.05, 0.1) is 13.0 Å². The summed E-state index contributed by atoms with van der Waals surface area (Å²) in [6, 6.07) is 4.72. The topological polar surface area (TPSA) is 444 Å². The third-order valence-electron chi connectivity index (χ3n) is 12.0. The number of rotatable bonds is 21. The second-order valence-electron chi connectivity index (χ2n) is 18.1. The van der Waals surface area contributed by atoms with Crippen LogP contribution in [0.2, 0.25) is 0 Å². The molecule has 2 aromatic carbocycles. The number of primary amides is 3. The van der Waals surface area contributed by atoms with E-state index in [-0.39, 0.29) is 81.3 Å². The van der Waals surface area contributed by atoms with Gasteiger partial charge in [-0.2, -0.15) is 0 Å². The van der Waals surface area contributed by atoms with Crippen LogP contribution in [0.4, 0.5) is 0 Å². The molecule has 7 atom stereocenters. The first kappa shape index (κ1) is 62.6. The molecule has 4 rings (SSSR count). The number of nitrogens with two attached hydrogens (primary N) is 5. The number of nitrogens with one attached hydrogen (secondary N) is 7. The number of aliphatic imine (C=N–C) groups is 1. The number of carbonyl (C=O) groups is 12. The Balaban J connectivity index is 1.70. The van der Waals surface area contributed by atoms with Gasteiger partial charge in [0.15, 0.2) is 5.96 Å². The number of hydrogen-bond acceptors (Lipinski definition) is 16. The first-order chi connectivity index (χ1) is 37.1. The summed E-state index contributed by atoms with van der Waals surface area (Å²) in [6.45, 7) is 1.22. The van der Waals surface area contributed by atoms with Crippen LogP contribution in [0.3, 0.4) is 0 Å². The van der Waals surface area contributed by atoms with Gasteiger partial charge in [-0.25, -0.2) is 0 Å². The smallest absolute Gasteiger partial charge is 0.310 e. The van der Waals surface area contributed by atoms with Crippen molar-refractivity contribution in [1.82, 2.24) is 42.1 Å². The van der Waals surface area contributed by atoms with E-state index in [0.29, 0.717) is 17.5 Å². The normalized spacial score (nSPS) is 21.1. The third-order valence-corrected chi connectivity index (χ3v) is 14.4. The molecule has 424 valence electrons. The molecule has 0 aliphatic carbocycles. The monoisotopic (exact) mass is 1120 g/mol. The average Bonchev–Trinajstić information content (AvgIpc) is 3.91. The SMILES string of the molecule is CCC(=O)Oc1ccc(CC2NC(=O)CCSSCC(C(=O)N3CCC[C@H]3C(=O)N[C@H](CCCN=C(N)N)C(=O)NCC(N)=O)NC(=O)[C@H](CC(N)=O)NC(=O)[C@H](CCC(N)=O)NC(=O)C(Cc3ccccc3)NC2=O)cc1. The van der Waals surface area contributed by atoms with Gasteiger partial charge in [0, 0.05) is 56.7 Å². The predicted octanol–water partition coefficient (Wildman–Crippen LogP) is -3.73. The van der Waals surface area contributed by atoms with Crippen LogP contribution in [0.15, 0.2) is 59.6 Å². The maximum Gasteiger partial charge on any atom is 0.310 e. The number of hydrogen-bond donors (Lipinski definition) is 12. The first-order valence-electron chi connectivity index (χ1n) is 25.0. The molecule has 2 aliphatic heterocycles. The van der Waals surface area contributed by atoms with E-state index >= 15 is 0 Å². The van der Waals surface area contributed by atoms with E-state index in [4.69, 9.17) is 33.4 Å². The molecule has 2 aromatic rings. The number of ether oxygens (including phenoxy) is 1. The number of nitrogens with zero attached hydrogens (tertiary/aromatic N) is 2. The van der Waals surface area contributed by atoms with E-state index in [1.807, 2.05) is 0 Å². The van der Waals surface area contributed by atoms with Crippen LogP contribution in [0.1, 0.15) is 75.8 Å². The Morgan fingerprint density at radius 3 is 1.99 bits per heavy atom. The summed E-state index contributed by atoms with van der Waals surface area (Å²) in [5.74, 6) is -10.1. The molecule has 0 radical (unpaired) electrons. The van der Waals surface area contributed by atoms with Crippen molar-refractivity contribution < 1.29 is 62.3 Å². The van der Waals surface area contributed by atoms with Crippen molar-refractivity contribution in [3.63, 3.8) is 0 Å². The second kappa shape index (κ2) is 31.9. The van der Waals surface area contributed by atoms with Crippen LogP contribution in [-0.2, 0) is 70.4 Å². The molecular formula is C49H68N14O13S2. The van der Waals surface area contributed by atoms with E-state index in [1.54, 1.807) is 49.4 Å². The molecule has 3 unspecified atom stereocenters. The fourth-order valence-electron chi connectivity index (χ4n) is 8.05. The van der Waals surface area contributed by atoms with Gasteiger partial charge in [0.25, 0.3) is 0 Å². The lowest BCUT2D eigenvalue weighted by atomic mass is 10.0. The van der Waals surface area contributed by atoms with E-state index in [1.165, 1.54) is 17.0 Å². The molecule has 2 heterocycles. The Labute approximate surface area is 457 Å². The number of carbonyl (C=O) groups excluding carboxylic acids is 12. The molecule has 0 saturated carbocycles. The molecular weight excluding hydrogens is 1060 g/mol. The van der Waals surface area contributed by atoms with Crippen molar-refractivity contribution in [2.75, 3.05) is 31.1 Å². The standard InChI is InChI=1S/C49H68N14O13S2/c1-2-41(68)76-29-14-12-28(13-15-29)23-32-44(71)60-33(22-27-8-4-3-5-9-27)45(72)58-31(16-17-37(50)64)43(70)61-34(24-38(51)65)46(73)62-35(26-78-77-21-18-40(67)57-32)48(75)63-20-7-11-36(63)47(74)59-30(10-6-19-55-49(53)54)42(69)56-25-39(52)66/h3-5,8-9,12-15,30-36H,2,6-7,10-11,16-26H2,1H3,(H2,50,64)(H2,51,65)(H2,52,66)(H,56,69)(H,57,67)(H,58,72)(H,59,74)(H,60,71)(H,61,70)(H,62,73)(H4,53,54,55)/t30-,31+,32?,33?,34+,35?,36+/m1/s1. The zero-order chi connectivity index (χ0) is 57.3. The quantitative estimate of drug-likeness (QED) is 0.0143. The van der Waals surface area contributed by atoms with Crippen LogP contribution < -0.4 is 70.6 Å². The Kier molecular flexibility index (Phi) is 25.6. The summed E-state index contributed by atoms with van der Waals surface area (Å²) in [4.78, 5) is 166. The van der Waals surface area contributed by atoms with Crippen LogP contribution >= 0.6 is 21.6 Å². The van der Waals surface area contributed by atoms with E-state index < -0.39 is 139 Å². The molecule has 2 aliphatic rings. The second-order valence-corrected chi connectivity index (χ2v) is 20.8. The lowest BCUT2D eigenvalue weighted by Gasteiger charge is -2.31. The van der Waals surface area contributed by atoms with Crippen LogP contribution in [0.5, 0.6) is 5.75 Å². The van der Waals surface area contributed by atoms with Crippen molar-refractivity contribution >= 4 is 98.5 Å². The van der Waals surface area contributed by atoms with Gasteiger partial charge in [-0.1, -0.05) is 71.0 Å². The van der Waals surface area contributed by atoms with Gasteiger partial charge >= 0.3 is 5.97 Å². The van der Waals surface area contributed by atoms with Gasteiger partial charge in [-0.15, -0.1) is 0 Å². The molecule has 11 amide bonds. The maximum atomic E-state index is 14.6. The van der Waals surface area contributed by atoms with E-state index in [0.717, 1.165) is 21.6 Å². The minimum atomic E-state index is -1.78. The van der Waals surface area contributed by atoms with Gasteiger partial charge in [-0.3, -0.25) is 62.5 Å². The molecule has 2 saturated heterocycles. The highest BCUT2D eigenvalue weighted by Crippen LogP contribution is 2.26. The highest BCUT2D eigenvalue weighted by Gasteiger charge is 2.40. The van der Waals surface area contributed by atoms with E-state index in [9.17, 15) is 57.5 Å². The van der Waals surface area contributed by atoms with Crippen LogP contribution in [0, 0.1) is 0 Å². The number of guanidine groups is 1. The molecule has 27 nitrogen and oxygen atoms in total. The molecule has 0 aromatic heterocycles. The zero-order valence-corrected chi connectivity index (χ0v) is 44.6. The van der Waals surface area contributed by atoms with Gasteiger partial charge < -0.3 is 75.5 Å². The highest BCUT2D eigenvalue weighted by atomic mass is 33.1. The fourth-order valence-corrected chi connectivity index (χ4v) is 10.2. The fraction of sp³-hybridized carbons (Fsp3) is 0.490. The zero-order valence-electron chi connectivity index (χ0n) is 43.0. The lowest BCUT2D eigenvalue weighted by molar-refractivity contribution is -0.142. The molecule has 0 spiro atoms. The largest absolute Gasteiger partial charge is 0.427 e. The molecule has 78 heavy (non-hydrogen) atoms. The summed E-state index contributed by atoms with van der Waals surface area (Å²) < 4.78 is 5.28. The molecule has 29 heteroatoms. The summed E-state index contributed by atoms with van der Waals surface area (Å²) in [5.41, 5.74) is 28.2. The predicted molar refractivity (Wildman–Crippen MR) is 286 cm³/mol. The minimum Gasteiger partial charge on any atom is -0.427 e. The highest BCUT2D eigenvalue weighted by molar-refractivity contribution is 8.76. The van der Waals surface area contributed by atoms with Crippen molar-refractivity contribution in [3.05, 3.63) is 65.7 Å². The summed E-state index contributed by atoms with van der Waals surface area (Å²) >= 11 is 0. The Bertz CT molecular complexity index is 2520.